The van der Waals surface area contributed by atoms with Crippen LogP contribution in [0.4, 0.5) is 15.9 Å². The van der Waals surface area contributed by atoms with Crippen molar-refractivity contribution in [2.75, 3.05) is 43.5 Å². The highest BCUT2D eigenvalue weighted by Gasteiger charge is 2.37. The van der Waals surface area contributed by atoms with Crippen LogP contribution < -0.4 is 15.5 Å². The van der Waals surface area contributed by atoms with Crippen molar-refractivity contribution in [1.29, 1.82) is 0 Å². The number of likely N-dealkylation sites (N-methyl/N-ethyl adjacent to an activating group) is 1. The van der Waals surface area contributed by atoms with E-state index in [4.69, 9.17) is 11.6 Å². The average Bonchev–Trinajstić information content (AvgIpc) is 2.59. The predicted molar refractivity (Wildman–Crippen MR) is 108 cm³/mol. The van der Waals surface area contributed by atoms with Gasteiger partial charge < -0.3 is 14.7 Å². The van der Waals surface area contributed by atoms with Gasteiger partial charge in [-0.15, -0.1) is 0 Å². The number of piperazine rings is 1. The van der Waals surface area contributed by atoms with Gasteiger partial charge in [-0.25, -0.2) is 9.18 Å². The van der Waals surface area contributed by atoms with Gasteiger partial charge in [-0.3, -0.25) is 4.57 Å². The maximum Gasteiger partial charge on any atom is 0.349 e. The monoisotopic (exact) mass is 393 g/mol. The summed E-state index contributed by atoms with van der Waals surface area (Å²) >= 11 is 6.54. The summed E-state index contributed by atoms with van der Waals surface area (Å²) in [5.41, 5.74) is 1.03. The van der Waals surface area contributed by atoms with Crippen LogP contribution in [0.1, 0.15) is 18.9 Å². The Balaban J connectivity index is 2.16. The number of benzene rings is 1. The summed E-state index contributed by atoms with van der Waals surface area (Å²) in [5.74, 6) is 0.220. The molecular weight excluding hydrogens is 369 g/mol. The number of aryl methyl sites for hydroxylation is 1. The number of halogens is 2. The molecular formula is C19H25ClFN5O. The molecule has 8 heteroatoms. The molecule has 0 radical (unpaired) electrons. The van der Waals surface area contributed by atoms with E-state index in [9.17, 15) is 4.79 Å². The van der Waals surface area contributed by atoms with Crippen LogP contribution in [-0.4, -0.2) is 60.3 Å². The fraction of sp³-hybridized carbons (Fsp3) is 0.579. The van der Waals surface area contributed by atoms with E-state index in [1.807, 2.05) is 11.9 Å². The van der Waals surface area contributed by atoms with Crippen LogP contribution in [-0.2, 0) is 7.05 Å². The predicted octanol–water partition coefficient (Wildman–Crippen LogP) is 2.38. The Bertz CT molecular complexity index is 991. The van der Waals surface area contributed by atoms with Crippen molar-refractivity contribution in [2.45, 2.75) is 32.4 Å². The fourth-order valence-electron chi connectivity index (χ4n) is 4.66. The molecule has 1 fully saturated rings. The molecule has 27 heavy (non-hydrogen) atoms. The van der Waals surface area contributed by atoms with Gasteiger partial charge in [0.2, 0.25) is 0 Å². The van der Waals surface area contributed by atoms with Crippen molar-refractivity contribution in [2.24, 2.45) is 7.05 Å². The third kappa shape index (κ3) is 2.63. The minimum absolute atomic E-state index is 0.163. The summed E-state index contributed by atoms with van der Waals surface area (Å²) in [6.45, 7) is 6.25. The van der Waals surface area contributed by atoms with Gasteiger partial charge in [0.05, 0.1) is 21.6 Å². The number of aromatic nitrogens is 2. The smallest absolute Gasteiger partial charge is 0.349 e. The number of hydrogen-bond acceptors (Lipinski definition) is 5. The highest BCUT2D eigenvalue weighted by Crippen LogP contribution is 2.43. The Kier molecular flexibility index (Phi) is 4.35. The first-order valence-electron chi connectivity index (χ1n) is 9.28. The van der Waals surface area contributed by atoms with E-state index in [2.05, 4.69) is 28.8 Å². The second-order valence-electron chi connectivity index (χ2n) is 7.94. The molecule has 0 N–H and O–H groups in total. The van der Waals surface area contributed by atoms with Crippen molar-refractivity contribution in [3.8, 4) is 0 Å². The molecule has 4 rings (SSSR count). The Labute approximate surface area is 163 Å². The molecule has 1 saturated heterocycles. The minimum Gasteiger partial charge on any atom is -0.371 e. The third-order valence-corrected chi connectivity index (χ3v) is 6.45. The summed E-state index contributed by atoms with van der Waals surface area (Å²) < 4.78 is 16.8. The normalized spacial score (nSPS) is 23.4. The van der Waals surface area contributed by atoms with Crippen molar-refractivity contribution >= 4 is 34.0 Å². The van der Waals surface area contributed by atoms with Gasteiger partial charge in [-0.05, 0) is 27.3 Å². The van der Waals surface area contributed by atoms with Crippen molar-refractivity contribution < 1.29 is 4.39 Å². The molecule has 1 aromatic carbocycles. The van der Waals surface area contributed by atoms with Crippen LogP contribution in [0.15, 0.2) is 4.79 Å². The molecule has 2 unspecified atom stereocenters. The van der Waals surface area contributed by atoms with E-state index < -0.39 is 0 Å². The molecule has 2 aromatic rings. The zero-order valence-electron chi connectivity index (χ0n) is 16.4. The molecule has 2 aliphatic rings. The summed E-state index contributed by atoms with van der Waals surface area (Å²) in [6.07, 6.45) is 0.865. The molecule has 6 nitrogen and oxygen atoms in total. The van der Waals surface area contributed by atoms with E-state index in [-0.39, 0.29) is 28.6 Å². The van der Waals surface area contributed by atoms with Crippen LogP contribution in [0.25, 0.3) is 10.9 Å². The zero-order chi connectivity index (χ0) is 19.6. The lowest BCUT2D eigenvalue weighted by molar-refractivity contribution is 0.226. The summed E-state index contributed by atoms with van der Waals surface area (Å²) in [5, 5.41) is 0.913. The molecule has 1 aromatic heterocycles. The second kappa shape index (κ2) is 6.34. The minimum atomic E-state index is -0.371. The lowest BCUT2D eigenvalue weighted by Crippen LogP contribution is -2.58. The molecule has 0 saturated carbocycles. The average molecular weight is 394 g/mol. The van der Waals surface area contributed by atoms with Crippen LogP contribution >= 0.6 is 11.6 Å². The Morgan fingerprint density at radius 3 is 2.63 bits per heavy atom. The number of fused-ring (bicyclic) bond motifs is 2. The third-order valence-electron chi connectivity index (χ3n) is 5.99. The lowest BCUT2D eigenvalue weighted by atomic mass is 9.99. The second-order valence-corrected chi connectivity index (χ2v) is 8.32. The van der Waals surface area contributed by atoms with E-state index in [0.29, 0.717) is 28.0 Å². The first kappa shape index (κ1) is 18.5. The van der Waals surface area contributed by atoms with Crippen LogP contribution in [0, 0.1) is 12.7 Å². The van der Waals surface area contributed by atoms with Crippen LogP contribution in [0.5, 0.6) is 0 Å². The topological polar surface area (TPSA) is 44.6 Å². The van der Waals surface area contributed by atoms with Crippen molar-refractivity contribution in [3.05, 3.63) is 26.9 Å². The highest BCUT2D eigenvalue weighted by molar-refractivity contribution is 6.37. The largest absolute Gasteiger partial charge is 0.371 e. The number of rotatable bonds is 0. The number of nitrogens with zero attached hydrogens (tertiary/aromatic N) is 5. The van der Waals surface area contributed by atoms with Gasteiger partial charge in [-0.2, -0.15) is 4.98 Å². The Morgan fingerprint density at radius 1 is 1.22 bits per heavy atom. The Hall–Kier alpha value is -1.86. The van der Waals surface area contributed by atoms with Crippen molar-refractivity contribution in [1.82, 2.24) is 14.5 Å². The molecule has 0 spiro atoms. The number of hydrogen-bond donors (Lipinski definition) is 0. The first-order chi connectivity index (χ1) is 12.7. The molecule has 0 aliphatic carbocycles. The van der Waals surface area contributed by atoms with Gasteiger partial charge in [-0.1, -0.05) is 11.6 Å². The molecule has 2 aliphatic heterocycles. The quantitative estimate of drug-likeness (QED) is 0.687. The molecule has 0 amide bonds. The highest BCUT2D eigenvalue weighted by atomic mass is 35.5. The Morgan fingerprint density at radius 2 is 1.93 bits per heavy atom. The standard InChI is InChI=1S/C19H25ClFN5O/c1-10-8-23(3)9-12-6-7-24(4)17-13-16(14(20)11(2)15(17)21)25(5)19(27)22-18(13)26(10)12/h10,12H,6-9H2,1-5H3. The van der Waals surface area contributed by atoms with E-state index >= 15 is 4.39 Å². The van der Waals surface area contributed by atoms with Gasteiger partial charge in [0.15, 0.2) is 5.82 Å². The summed E-state index contributed by atoms with van der Waals surface area (Å²) in [7, 11) is 5.65. The fourth-order valence-corrected chi connectivity index (χ4v) is 4.96. The van der Waals surface area contributed by atoms with Gasteiger partial charge in [0, 0.05) is 51.4 Å². The summed E-state index contributed by atoms with van der Waals surface area (Å²) in [6, 6.07) is 0.372. The first-order valence-corrected chi connectivity index (χ1v) is 9.66. The van der Waals surface area contributed by atoms with E-state index in [1.54, 1.807) is 14.0 Å². The lowest BCUT2D eigenvalue weighted by Gasteiger charge is -2.47. The van der Waals surface area contributed by atoms with Gasteiger partial charge in [0.1, 0.15) is 5.82 Å². The maximum absolute atomic E-state index is 15.3. The number of anilines is 2. The van der Waals surface area contributed by atoms with Crippen LogP contribution in [0.3, 0.4) is 0 Å². The molecule has 3 heterocycles. The zero-order valence-corrected chi connectivity index (χ0v) is 17.1. The molecule has 2 atom stereocenters. The van der Waals surface area contributed by atoms with E-state index in [0.717, 1.165) is 26.1 Å². The maximum atomic E-state index is 15.3. The van der Waals surface area contributed by atoms with Gasteiger partial charge >= 0.3 is 5.69 Å². The van der Waals surface area contributed by atoms with Crippen LogP contribution in [0.2, 0.25) is 5.02 Å². The molecule has 146 valence electrons. The summed E-state index contributed by atoms with van der Waals surface area (Å²) in [4.78, 5) is 23.5. The van der Waals surface area contributed by atoms with E-state index in [1.165, 1.54) is 4.57 Å². The van der Waals surface area contributed by atoms with Gasteiger partial charge in [0.25, 0.3) is 0 Å². The molecule has 0 bridgehead atoms. The SMILES string of the molecule is Cc1c(F)c2c3c(nc(=O)n(C)c3c1Cl)N1C(C)CN(C)CC1CCN2C. The van der Waals surface area contributed by atoms with Crippen molar-refractivity contribution in [3.63, 3.8) is 0 Å².